The van der Waals surface area contributed by atoms with Gasteiger partial charge in [-0.1, -0.05) is 222 Å². The summed E-state index contributed by atoms with van der Waals surface area (Å²) >= 11 is 0. The molecule has 14 aromatic rings. The van der Waals surface area contributed by atoms with Crippen LogP contribution < -0.4 is 9.80 Å². The molecule has 3 heteroatoms. The van der Waals surface area contributed by atoms with E-state index in [0.717, 1.165) is 61.6 Å². The molecule has 0 spiro atoms. The number of furan rings is 1. The van der Waals surface area contributed by atoms with Crippen molar-refractivity contribution in [2.75, 3.05) is 9.80 Å². The molecule has 0 atom stereocenters. The molecule has 0 amide bonds. The van der Waals surface area contributed by atoms with Crippen LogP contribution in [-0.2, 0) is 0 Å². The average Bonchev–Trinajstić information content (AvgIpc) is 4.07. The van der Waals surface area contributed by atoms with E-state index in [1.54, 1.807) is 0 Å². The fourth-order valence-electron chi connectivity index (χ4n) is 12.4. The zero-order valence-corrected chi connectivity index (χ0v) is 44.9. The molecule has 3 nitrogen and oxygen atoms in total. The molecule has 0 aliphatic rings. The van der Waals surface area contributed by atoms with Gasteiger partial charge < -0.3 is 14.2 Å². The molecule has 0 fully saturated rings. The third-order valence-corrected chi connectivity index (χ3v) is 16.2. The molecule has 0 unspecified atom stereocenters. The Morgan fingerprint density at radius 1 is 0.266 bits per heavy atom. The van der Waals surface area contributed by atoms with Gasteiger partial charge in [-0.15, -0.1) is 0 Å². The van der Waals surface area contributed by atoms with Crippen LogP contribution in [0, 0.1) is 0 Å². The zero-order chi connectivity index (χ0) is 53.1. The summed E-state index contributed by atoms with van der Waals surface area (Å²) in [5.74, 6) is 0.525. The predicted octanol–water partition coefficient (Wildman–Crippen LogP) is 22.3. The maximum atomic E-state index is 6.44. The smallest absolute Gasteiger partial charge is 0.135 e. The monoisotopic (exact) mass is 1010 g/mol. The molecule has 0 saturated heterocycles. The minimum Gasteiger partial charge on any atom is -0.456 e. The molecule has 1 heterocycles. The Balaban J connectivity index is 0.976. The van der Waals surface area contributed by atoms with E-state index < -0.39 is 0 Å². The van der Waals surface area contributed by atoms with E-state index in [4.69, 9.17) is 4.42 Å². The van der Waals surface area contributed by atoms with Gasteiger partial charge in [0.1, 0.15) is 11.2 Å². The van der Waals surface area contributed by atoms with Gasteiger partial charge >= 0.3 is 0 Å². The molecule has 0 bridgehead atoms. The van der Waals surface area contributed by atoms with Crippen molar-refractivity contribution in [3.8, 4) is 44.5 Å². The topological polar surface area (TPSA) is 19.6 Å². The summed E-state index contributed by atoms with van der Waals surface area (Å²) < 4.78 is 6.44. The van der Waals surface area contributed by atoms with Crippen molar-refractivity contribution in [3.63, 3.8) is 0 Å². The summed E-state index contributed by atoms with van der Waals surface area (Å²) in [7, 11) is 0. The van der Waals surface area contributed by atoms with Gasteiger partial charge in [0, 0.05) is 44.3 Å². The fourth-order valence-corrected chi connectivity index (χ4v) is 12.4. The van der Waals surface area contributed by atoms with E-state index in [2.05, 4.69) is 298 Å². The first-order valence-electron chi connectivity index (χ1n) is 27.7. The van der Waals surface area contributed by atoms with Gasteiger partial charge in [0.25, 0.3) is 0 Å². The van der Waals surface area contributed by atoms with Crippen LogP contribution in [0.2, 0.25) is 0 Å². The first-order valence-corrected chi connectivity index (χ1v) is 27.7. The van der Waals surface area contributed by atoms with Crippen molar-refractivity contribution >= 4 is 88.4 Å². The molecule has 0 aliphatic carbocycles. The number of para-hydroxylation sites is 3. The Morgan fingerprint density at radius 3 is 1.30 bits per heavy atom. The Labute approximate surface area is 462 Å². The highest BCUT2D eigenvalue weighted by Crippen LogP contribution is 2.52. The number of anilines is 6. The second kappa shape index (κ2) is 19.7. The van der Waals surface area contributed by atoms with Crippen LogP contribution >= 0.6 is 0 Å². The quantitative estimate of drug-likeness (QED) is 0.114. The fraction of sp³-hybridized carbons (Fsp3) is 0.0789. The number of nitrogens with zero attached hydrogens (tertiary/aromatic N) is 2. The van der Waals surface area contributed by atoms with Gasteiger partial charge in [-0.3, -0.25) is 0 Å². The number of fused-ring (bicyclic) bond motifs is 3. The first-order chi connectivity index (χ1) is 38.9. The maximum Gasteiger partial charge on any atom is 0.135 e. The molecule has 0 radical (unpaired) electrons. The maximum absolute atomic E-state index is 6.44. The molecule has 14 rings (SSSR count). The average molecular weight is 1020 g/mol. The number of hydrogen-bond acceptors (Lipinski definition) is 3. The molecule has 0 aliphatic heterocycles. The highest BCUT2D eigenvalue weighted by atomic mass is 16.3. The van der Waals surface area contributed by atoms with Gasteiger partial charge in [0.05, 0.1) is 17.1 Å². The summed E-state index contributed by atoms with van der Waals surface area (Å²) in [5.41, 5.74) is 20.6. The Hall–Kier alpha value is -9.70. The lowest BCUT2D eigenvalue weighted by Gasteiger charge is -2.31. The van der Waals surface area contributed by atoms with Gasteiger partial charge in [0.15, 0.2) is 0 Å². The van der Waals surface area contributed by atoms with E-state index in [-0.39, 0.29) is 11.8 Å². The molecule has 378 valence electrons. The van der Waals surface area contributed by atoms with Crippen molar-refractivity contribution in [1.82, 2.24) is 0 Å². The van der Waals surface area contributed by atoms with Crippen LogP contribution in [0.3, 0.4) is 0 Å². The third kappa shape index (κ3) is 8.29. The molecule has 0 saturated carbocycles. The Kier molecular flexibility index (Phi) is 11.9. The van der Waals surface area contributed by atoms with E-state index in [9.17, 15) is 0 Å². The largest absolute Gasteiger partial charge is 0.456 e. The predicted molar refractivity (Wildman–Crippen MR) is 337 cm³/mol. The number of benzene rings is 13. The zero-order valence-electron chi connectivity index (χ0n) is 44.9. The summed E-state index contributed by atoms with van der Waals surface area (Å²) in [5, 5.41) is 9.89. The number of rotatable bonds is 12. The van der Waals surface area contributed by atoms with Gasteiger partial charge in [-0.25, -0.2) is 0 Å². The van der Waals surface area contributed by atoms with Crippen molar-refractivity contribution in [1.29, 1.82) is 0 Å². The van der Waals surface area contributed by atoms with Gasteiger partial charge in [-0.05, 0) is 156 Å². The summed E-state index contributed by atoms with van der Waals surface area (Å²) in [6, 6.07) is 97.8. The van der Waals surface area contributed by atoms with E-state index in [0.29, 0.717) is 0 Å². The Bertz CT molecular complexity index is 4520. The minimum absolute atomic E-state index is 0.246. The normalized spacial score (nSPS) is 11.8. The van der Waals surface area contributed by atoms with E-state index in [1.165, 1.54) is 82.4 Å². The van der Waals surface area contributed by atoms with Gasteiger partial charge in [-0.2, -0.15) is 0 Å². The first kappa shape index (κ1) is 47.7. The van der Waals surface area contributed by atoms with Crippen LogP contribution in [0.1, 0.15) is 50.7 Å². The third-order valence-electron chi connectivity index (χ3n) is 16.2. The molecule has 0 N–H and O–H groups in total. The highest BCUT2D eigenvalue weighted by Gasteiger charge is 2.27. The van der Waals surface area contributed by atoms with Crippen molar-refractivity contribution in [2.45, 2.75) is 39.5 Å². The van der Waals surface area contributed by atoms with Crippen molar-refractivity contribution in [3.05, 3.63) is 278 Å². The molecule has 79 heavy (non-hydrogen) atoms. The molecule has 1 aromatic heterocycles. The van der Waals surface area contributed by atoms with Crippen molar-refractivity contribution < 1.29 is 4.42 Å². The van der Waals surface area contributed by atoms with Crippen LogP contribution in [-0.4, -0.2) is 0 Å². The lowest BCUT2D eigenvalue weighted by atomic mass is 9.82. The molecule has 13 aromatic carbocycles. The summed E-state index contributed by atoms with van der Waals surface area (Å²) in [4.78, 5) is 4.93. The molecular formula is C76H58N2O. The highest BCUT2D eigenvalue weighted by molar-refractivity contribution is 6.29. The van der Waals surface area contributed by atoms with Crippen LogP contribution in [0.5, 0.6) is 0 Å². The lowest BCUT2D eigenvalue weighted by Crippen LogP contribution is -2.13. The van der Waals surface area contributed by atoms with Gasteiger partial charge in [0.2, 0.25) is 0 Å². The lowest BCUT2D eigenvalue weighted by molar-refractivity contribution is 0.669. The standard InChI is InChI=1S/C76H58N2O/c1-49(2)66-47-68(55-34-38-57(39-35-55)77(56-36-32-52(33-37-56)51-20-8-5-9-21-51)70-29-17-14-26-59(70)53-22-10-6-11-23-53)64-42-41-63-67(50(3)4)48-72(65-44-43-62(66)75(64)76(63)65)78(71-30-18-15-27-60(71)54-24-12-7-13-25-54)58-40-45-74-69(46-58)61-28-16-19-31-73(61)79-74/h5-50H,1-4H3. The van der Waals surface area contributed by atoms with E-state index in [1.807, 2.05) is 6.07 Å². The molecular weight excluding hydrogens is 957 g/mol. The summed E-state index contributed by atoms with van der Waals surface area (Å²) in [6.07, 6.45) is 0. The second-order valence-corrected chi connectivity index (χ2v) is 21.6. The summed E-state index contributed by atoms with van der Waals surface area (Å²) in [6.45, 7) is 9.36. The van der Waals surface area contributed by atoms with Crippen LogP contribution in [0.25, 0.3) is 98.8 Å². The van der Waals surface area contributed by atoms with Crippen LogP contribution in [0.15, 0.2) is 271 Å². The van der Waals surface area contributed by atoms with Crippen molar-refractivity contribution in [2.24, 2.45) is 0 Å². The minimum atomic E-state index is 0.246. The van der Waals surface area contributed by atoms with E-state index >= 15 is 0 Å². The SMILES string of the molecule is CC(C)c1cc(-c2ccc(N(c3ccc(-c4ccccc4)cc3)c3ccccc3-c3ccccc3)cc2)c2ccc3c(C(C)C)cc(N(c4ccc5oc6ccccc6c5c4)c4ccccc4-c4ccccc4)c4ccc1c2c34. The number of hydrogen-bond donors (Lipinski definition) is 0. The second-order valence-electron chi connectivity index (χ2n) is 21.6. The van der Waals surface area contributed by atoms with Crippen LogP contribution in [0.4, 0.5) is 34.1 Å². The Morgan fingerprint density at radius 2 is 0.696 bits per heavy atom.